The highest BCUT2D eigenvalue weighted by atomic mass is 32.7. The van der Waals surface area contributed by atoms with Gasteiger partial charge in [-0.3, -0.25) is 4.52 Å². The van der Waals surface area contributed by atoms with Crippen molar-refractivity contribution in [2.75, 3.05) is 12.4 Å². The van der Waals surface area contributed by atoms with Gasteiger partial charge in [0.25, 0.3) is 0 Å². The first-order valence-electron chi connectivity index (χ1n) is 8.84. The molecule has 0 radical (unpaired) electrons. The fourth-order valence-electron chi connectivity index (χ4n) is 2.15. The zero-order valence-corrected chi connectivity index (χ0v) is 18.9. The zero-order chi connectivity index (χ0) is 20.8. The molecule has 0 bridgehead atoms. The fourth-order valence-corrected chi connectivity index (χ4v) is 6.89. The Kier molecular flexibility index (Phi) is 8.01. The topological polar surface area (TPSA) is 78.9 Å². The smallest absolute Gasteiger partial charge is 0.417 e. The average Bonchev–Trinajstić information content (AvgIpc) is 2.63. The number of rotatable bonds is 10. The van der Waals surface area contributed by atoms with Gasteiger partial charge in [0.05, 0.1) is 6.61 Å². The van der Waals surface area contributed by atoms with Crippen LogP contribution in [0.25, 0.3) is 0 Å². The van der Waals surface area contributed by atoms with E-state index < -0.39 is 16.9 Å². The molecule has 0 aliphatic rings. The molecule has 1 unspecified atom stereocenters. The standard InChI is InChI=1S/C19H25O6PS2/c1-5-23-26(20,27-14-15(2)3)24-19-12-11-17(13-16(19)4)25-28(21,22)18-9-7-6-8-10-18/h6-13,15H,5,14H2,1-4H3. The van der Waals surface area contributed by atoms with Crippen molar-refractivity contribution in [2.24, 2.45) is 5.92 Å². The first-order chi connectivity index (χ1) is 13.1. The van der Waals surface area contributed by atoms with E-state index in [1.54, 1.807) is 32.0 Å². The first kappa shape index (κ1) is 22.8. The van der Waals surface area contributed by atoms with E-state index in [-0.39, 0.29) is 17.3 Å². The van der Waals surface area contributed by atoms with Gasteiger partial charge in [-0.15, -0.1) is 0 Å². The Bertz CT molecular complexity index is 929. The van der Waals surface area contributed by atoms with Gasteiger partial charge in [-0.05, 0) is 67.0 Å². The van der Waals surface area contributed by atoms with E-state index in [4.69, 9.17) is 13.2 Å². The molecule has 0 aromatic heterocycles. The second-order valence-corrected chi connectivity index (χ2v) is 12.0. The summed E-state index contributed by atoms with van der Waals surface area (Å²) in [7, 11) is -3.93. The molecule has 0 spiro atoms. The van der Waals surface area contributed by atoms with Crippen LogP contribution in [0.3, 0.4) is 0 Å². The Morgan fingerprint density at radius 1 is 1.11 bits per heavy atom. The summed E-state index contributed by atoms with van der Waals surface area (Å²) in [4.78, 5) is 0.0684. The highest BCUT2D eigenvalue weighted by molar-refractivity contribution is 8.55. The van der Waals surface area contributed by atoms with Crippen LogP contribution in [0.1, 0.15) is 26.3 Å². The van der Waals surface area contributed by atoms with Crippen LogP contribution in [0, 0.1) is 12.8 Å². The van der Waals surface area contributed by atoms with Gasteiger partial charge in [-0.2, -0.15) is 8.42 Å². The largest absolute Gasteiger partial charge is 0.440 e. The lowest BCUT2D eigenvalue weighted by Crippen LogP contribution is -2.09. The third-order valence-corrected chi connectivity index (χ3v) is 8.77. The van der Waals surface area contributed by atoms with E-state index in [2.05, 4.69) is 0 Å². The molecule has 0 N–H and O–H groups in total. The Balaban J connectivity index is 2.18. The highest BCUT2D eigenvalue weighted by Crippen LogP contribution is 2.60. The van der Waals surface area contributed by atoms with E-state index in [1.165, 1.54) is 30.3 Å². The molecule has 0 saturated heterocycles. The summed E-state index contributed by atoms with van der Waals surface area (Å²) in [5.41, 5.74) is 0.589. The van der Waals surface area contributed by atoms with Crippen LogP contribution in [0.2, 0.25) is 0 Å². The molecule has 0 aliphatic heterocycles. The molecule has 0 aliphatic carbocycles. The minimum Gasteiger partial charge on any atom is -0.417 e. The normalized spacial score (nSPS) is 13.9. The van der Waals surface area contributed by atoms with E-state index in [0.717, 1.165) is 11.4 Å². The molecule has 1 atom stereocenters. The molecule has 2 aromatic rings. The van der Waals surface area contributed by atoms with Crippen LogP contribution in [0.15, 0.2) is 53.4 Å². The summed E-state index contributed by atoms with van der Waals surface area (Å²) in [5.74, 6) is 1.47. The van der Waals surface area contributed by atoms with Crippen molar-refractivity contribution in [1.29, 1.82) is 0 Å². The molecule has 0 amide bonds. The van der Waals surface area contributed by atoms with Crippen molar-refractivity contribution >= 4 is 28.3 Å². The van der Waals surface area contributed by atoms with Crippen LogP contribution in [0.5, 0.6) is 11.5 Å². The lowest BCUT2D eigenvalue weighted by molar-refractivity contribution is 0.295. The number of hydrogen-bond donors (Lipinski definition) is 0. The molecule has 28 heavy (non-hydrogen) atoms. The molecule has 2 rings (SSSR count). The zero-order valence-electron chi connectivity index (χ0n) is 16.3. The van der Waals surface area contributed by atoms with Gasteiger partial charge in [-0.25, -0.2) is 4.57 Å². The van der Waals surface area contributed by atoms with Crippen LogP contribution >= 0.6 is 18.2 Å². The van der Waals surface area contributed by atoms with Gasteiger partial charge in [0.1, 0.15) is 16.4 Å². The second kappa shape index (κ2) is 9.83. The number of aryl methyl sites for hydroxylation is 1. The van der Waals surface area contributed by atoms with Gasteiger partial charge >= 0.3 is 16.9 Å². The van der Waals surface area contributed by atoms with Crippen LogP contribution in [0.4, 0.5) is 0 Å². The molecule has 6 nitrogen and oxygen atoms in total. The highest BCUT2D eigenvalue weighted by Gasteiger charge is 2.28. The Labute approximate surface area is 171 Å². The van der Waals surface area contributed by atoms with E-state index in [0.29, 0.717) is 23.0 Å². The van der Waals surface area contributed by atoms with E-state index in [1.807, 2.05) is 13.8 Å². The molecule has 0 fully saturated rings. The van der Waals surface area contributed by atoms with E-state index in [9.17, 15) is 13.0 Å². The first-order valence-corrected chi connectivity index (χ1v) is 13.4. The van der Waals surface area contributed by atoms with Crippen molar-refractivity contribution < 1.29 is 26.2 Å². The van der Waals surface area contributed by atoms with Gasteiger partial charge in [0.2, 0.25) is 0 Å². The lowest BCUT2D eigenvalue weighted by atomic mass is 10.2. The maximum Gasteiger partial charge on any atom is 0.440 e. The fraction of sp³-hybridized carbons (Fsp3) is 0.368. The van der Waals surface area contributed by atoms with E-state index >= 15 is 0 Å². The summed E-state index contributed by atoms with van der Waals surface area (Å²) in [6, 6.07) is 12.4. The molecule has 9 heteroatoms. The summed E-state index contributed by atoms with van der Waals surface area (Å²) >= 11 is 1.16. The maximum atomic E-state index is 12.9. The third-order valence-electron chi connectivity index (χ3n) is 3.45. The van der Waals surface area contributed by atoms with Gasteiger partial charge in [0.15, 0.2) is 0 Å². The van der Waals surface area contributed by atoms with Crippen LogP contribution < -0.4 is 8.71 Å². The molecule has 2 aromatic carbocycles. The molecule has 154 valence electrons. The van der Waals surface area contributed by atoms with Gasteiger partial charge < -0.3 is 8.71 Å². The van der Waals surface area contributed by atoms with Crippen molar-refractivity contribution in [3.05, 3.63) is 54.1 Å². The Morgan fingerprint density at radius 2 is 1.79 bits per heavy atom. The van der Waals surface area contributed by atoms with Crippen LogP contribution in [-0.4, -0.2) is 20.8 Å². The maximum absolute atomic E-state index is 12.9. The summed E-state index contributed by atoms with van der Waals surface area (Å²) in [5, 5.41) is 0. The second-order valence-electron chi connectivity index (χ2n) is 6.42. The Morgan fingerprint density at radius 3 is 2.36 bits per heavy atom. The lowest BCUT2D eigenvalue weighted by Gasteiger charge is -2.20. The predicted molar refractivity (Wildman–Crippen MR) is 113 cm³/mol. The molecular formula is C19H25O6PS2. The van der Waals surface area contributed by atoms with Crippen molar-refractivity contribution in [3.8, 4) is 11.5 Å². The summed E-state index contributed by atoms with van der Waals surface area (Å²) in [6.45, 7) is 4.41. The average molecular weight is 445 g/mol. The third kappa shape index (κ3) is 6.55. The molecule has 0 saturated carbocycles. The Hall–Kier alpha value is -1.47. The summed E-state index contributed by atoms with van der Waals surface area (Å²) in [6.07, 6.45) is 0. The predicted octanol–water partition coefficient (Wildman–Crippen LogP) is 5.68. The van der Waals surface area contributed by atoms with Crippen molar-refractivity contribution in [1.82, 2.24) is 0 Å². The van der Waals surface area contributed by atoms with Gasteiger partial charge in [0, 0.05) is 5.75 Å². The monoisotopic (exact) mass is 444 g/mol. The molecule has 0 heterocycles. The number of hydrogen-bond acceptors (Lipinski definition) is 7. The SMILES string of the molecule is CCOP(=O)(Oc1ccc(OS(=O)(=O)c2ccccc2)cc1C)SCC(C)C. The van der Waals surface area contributed by atoms with Gasteiger partial charge in [-0.1, -0.05) is 32.0 Å². The minimum absolute atomic E-state index is 0.0684. The quantitative estimate of drug-likeness (QED) is 0.345. The minimum atomic E-state index is -3.93. The summed E-state index contributed by atoms with van der Waals surface area (Å²) < 4.78 is 53.9. The molecular weight excluding hydrogens is 419 g/mol. The number of benzene rings is 2. The van der Waals surface area contributed by atoms with Crippen molar-refractivity contribution in [2.45, 2.75) is 32.6 Å². The van der Waals surface area contributed by atoms with Crippen molar-refractivity contribution in [3.63, 3.8) is 0 Å². The van der Waals surface area contributed by atoms with Crippen LogP contribution in [-0.2, 0) is 19.2 Å².